The Hall–Kier alpha value is -1.89. The minimum Gasteiger partial charge on any atom is -0.481 e. The van der Waals surface area contributed by atoms with Crippen molar-refractivity contribution in [2.45, 2.75) is 32.3 Å². The van der Waals surface area contributed by atoms with E-state index in [-0.39, 0.29) is 18.2 Å². The molecule has 1 fully saturated rings. The predicted molar refractivity (Wildman–Crippen MR) is 75.2 cm³/mol. The van der Waals surface area contributed by atoms with Crippen molar-refractivity contribution in [3.63, 3.8) is 0 Å². The Morgan fingerprint density at radius 1 is 1.52 bits per heavy atom. The first kappa shape index (κ1) is 15.5. The van der Waals surface area contributed by atoms with Crippen molar-refractivity contribution < 1.29 is 19.4 Å². The number of aliphatic carboxylic acids is 1. The molecule has 1 unspecified atom stereocenters. The second kappa shape index (κ2) is 6.26. The van der Waals surface area contributed by atoms with Gasteiger partial charge in [-0.15, -0.1) is 0 Å². The van der Waals surface area contributed by atoms with Crippen LogP contribution in [0.2, 0.25) is 0 Å². The van der Waals surface area contributed by atoms with E-state index in [0.29, 0.717) is 25.4 Å². The summed E-state index contributed by atoms with van der Waals surface area (Å²) in [6.07, 6.45) is -0.544. The lowest BCUT2D eigenvalue weighted by molar-refractivity contribution is -0.141. The summed E-state index contributed by atoms with van der Waals surface area (Å²) in [5.41, 5.74) is 1.39. The molecule has 0 aromatic carbocycles. The predicted octanol–water partition coefficient (Wildman–Crippen LogP) is 0.859. The maximum atomic E-state index is 12.5. The Morgan fingerprint density at radius 2 is 2.24 bits per heavy atom. The first-order valence-corrected chi connectivity index (χ1v) is 7.05. The number of hydrogen-bond donors (Lipinski definition) is 1. The van der Waals surface area contributed by atoms with Crippen molar-refractivity contribution in [1.82, 2.24) is 14.7 Å². The van der Waals surface area contributed by atoms with Gasteiger partial charge in [-0.2, -0.15) is 5.10 Å². The Morgan fingerprint density at radius 3 is 2.81 bits per heavy atom. The van der Waals surface area contributed by atoms with Crippen LogP contribution in [-0.4, -0.2) is 57.5 Å². The number of carbonyl (C=O) groups is 2. The smallest absolute Gasteiger partial charge is 0.306 e. The fraction of sp³-hybridized carbons (Fsp3) is 0.643. The molecule has 2 rings (SSSR count). The molecule has 0 bridgehead atoms. The van der Waals surface area contributed by atoms with Crippen LogP contribution in [0.5, 0.6) is 0 Å². The van der Waals surface area contributed by atoms with Crippen LogP contribution in [-0.2, 0) is 16.6 Å². The molecule has 1 saturated heterocycles. The van der Waals surface area contributed by atoms with Crippen molar-refractivity contribution in [3.05, 3.63) is 17.5 Å². The third kappa shape index (κ3) is 3.60. The maximum absolute atomic E-state index is 12.5. The van der Waals surface area contributed by atoms with Gasteiger partial charge >= 0.3 is 5.97 Å². The van der Waals surface area contributed by atoms with Gasteiger partial charge in [-0.3, -0.25) is 14.3 Å². The maximum Gasteiger partial charge on any atom is 0.306 e. The average molecular weight is 295 g/mol. The van der Waals surface area contributed by atoms with Crippen LogP contribution in [0.4, 0.5) is 0 Å². The van der Waals surface area contributed by atoms with E-state index in [2.05, 4.69) is 5.10 Å². The third-order valence-electron chi connectivity index (χ3n) is 3.55. The summed E-state index contributed by atoms with van der Waals surface area (Å²) in [7, 11) is 1.82. The van der Waals surface area contributed by atoms with Crippen molar-refractivity contribution in [1.29, 1.82) is 0 Å². The van der Waals surface area contributed by atoms with E-state index < -0.39 is 12.1 Å². The highest BCUT2D eigenvalue weighted by molar-refractivity contribution is 5.92. The van der Waals surface area contributed by atoms with Crippen LogP contribution < -0.4 is 0 Å². The summed E-state index contributed by atoms with van der Waals surface area (Å²) in [6.45, 7) is 5.20. The first-order valence-electron chi connectivity index (χ1n) is 7.05. The summed E-state index contributed by atoms with van der Waals surface area (Å²) in [6, 6.07) is 1.80. The van der Waals surface area contributed by atoms with E-state index in [9.17, 15) is 9.59 Å². The van der Waals surface area contributed by atoms with Gasteiger partial charge in [0, 0.05) is 25.8 Å². The number of rotatable bonds is 4. The molecule has 7 nitrogen and oxygen atoms in total. The Labute approximate surface area is 123 Å². The lowest BCUT2D eigenvalue weighted by Crippen LogP contribution is -2.46. The van der Waals surface area contributed by atoms with Crippen molar-refractivity contribution >= 4 is 11.9 Å². The zero-order valence-corrected chi connectivity index (χ0v) is 12.6. The lowest BCUT2D eigenvalue weighted by Gasteiger charge is -2.31. The third-order valence-corrected chi connectivity index (χ3v) is 3.55. The Balaban J connectivity index is 2.08. The summed E-state index contributed by atoms with van der Waals surface area (Å²) < 4.78 is 7.09. The summed E-state index contributed by atoms with van der Waals surface area (Å²) in [5, 5.41) is 13.1. The minimum absolute atomic E-state index is 0.0940. The zero-order valence-electron chi connectivity index (χ0n) is 12.6. The highest BCUT2D eigenvalue weighted by Crippen LogP contribution is 2.17. The number of nitrogens with zero attached hydrogens (tertiary/aromatic N) is 3. The molecule has 21 heavy (non-hydrogen) atoms. The molecule has 7 heteroatoms. The van der Waals surface area contributed by atoms with Gasteiger partial charge in [-0.25, -0.2) is 0 Å². The van der Waals surface area contributed by atoms with Gasteiger partial charge in [0.25, 0.3) is 5.91 Å². The molecule has 116 valence electrons. The van der Waals surface area contributed by atoms with Gasteiger partial charge in [0.15, 0.2) is 5.69 Å². The first-order chi connectivity index (χ1) is 9.88. The number of carbonyl (C=O) groups excluding carboxylic acids is 1. The van der Waals surface area contributed by atoms with E-state index >= 15 is 0 Å². The molecule has 0 saturated carbocycles. The normalized spacial score (nSPS) is 19.0. The molecule has 1 atom stereocenters. The number of aryl methyl sites for hydroxylation is 1. The van der Waals surface area contributed by atoms with Gasteiger partial charge in [0.1, 0.15) is 0 Å². The summed E-state index contributed by atoms with van der Waals surface area (Å²) in [4.78, 5) is 24.8. The largest absolute Gasteiger partial charge is 0.481 e. The lowest BCUT2D eigenvalue weighted by atomic mass is 10.1. The fourth-order valence-electron chi connectivity index (χ4n) is 2.51. The molecule has 1 aromatic heterocycles. The molecular formula is C14H21N3O4. The van der Waals surface area contributed by atoms with Crippen LogP contribution in [0, 0.1) is 0 Å². The van der Waals surface area contributed by atoms with E-state index in [4.69, 9.17) is 9.84 Å². The second-order valence-corrected chi connectivity index (χ2v) is 5.57. The number of hydrogen-bond acceptors (Lipinski definition) is 4. The van der Waals surface area contributed by atoms with Gasteiger partial charge in [-0.05, 0) is 12.0 Å². The highest BCUT2D eigenvalue weighted by atomic mass is 16.5. The molecule has 0 spiro atoms. The number of morpholine rings is 1. The molecule has 2 heterocycles. The topological polar surface area (TPSA) is 84.7 Å². The molecule has 1 aromatic rings. The number of ether oxygens (including phenoxy) is 1. The summed E-state index contributed by atoms with van der Waals surface area (Å²) >= 11 is 0. The van der Waals surface area contributed by atoms with Crippen LogP contribution in [0.1, 0.15) is 42.4 Å². The standard InChI is InChI=1S/C14H21N3O4/c1-9(2)12-7-11(15-16(12)3)14(20)17-4-5-21-10(8-17)6-13(18)19/h7,9-10H,4-6,8H2,1-3H3,(H,18,19). The minimum atomic E-state index is -0.922. The Kier molecular flexibility index (Phi) is 4.62. The molecule has 0 radical (unpaired) electrons. The van der Waals surface area contributed by atoms with E-state index in [0.717, 1.165) is 5.69 Å². The van der Waals surface area contributed by atoms with E-state index in [1.807, 2.05) is 20.9 Å². The van der Waals surface area contributed by atoms with Crippen LogP contribution in [0.15, 0.2) is 6.07 Å². The average Bonchev–Trinajstić information content (AvgIpc) is 2.79. The van der Waals surface area contributed by atoms with Crippen LogP contribution in [0.25, 0.3) is 0 Å². The second-order valence-electron chi connectivity index (χ2n) is 5.57. The molecule has 1 aliphatic rings. The summed E-state index contributed by atoms with van der Waals surface area (Å²) in [5.74, 6) is -0.807. The number of amides is 1. The van der Waals surface area contributed by atoms with Crippen molar-refractivity contribution in [2.24, 2.45) is 7.05 Å². The molecule has 1 aliphatic heterocycles. The van der Waals surface area contributed by atoms with E-state index in [1.165, 1.54) is 0 Å². The number of aromatic nitrogens is 2. The van der Waals surface area contributed by atoms with Gasteiger partial charge in [0.05, 0.1) is 19.1 Å². The molecule has 1 amide bonds. The molecular weight excluding hydrogens is 274 g/mol. The number of carboxylic acids is 1. The molecule has 0 aliphatic carbocycles. The van der Waals surface area contributed by atoms with Gasteiger partial charge in [-0.1, -0.05) is 13.8 Å². The van der Waals surface area contributed by atoms with Crippen molar-refractivity contribution in [2.75, 3.05) is 19.7 Å². The van der Waals surface area contributed by atoms with Gasteiger partial charge in [0.2, 0.25) is 0 Å². The fourth-order valence-corrected chi connectivity index (χ4v) is 2.51. The monoisotopic (exact) mass is 295 g/mol. The Bertz CT molecular complexity index is 538. The number of carboxylic acid groups (broad SMARTS) is 1. The van der Waals surface area contributed by atoms with Crippen LogP contribution in [0.3, 0.4) is 0 Å². The molecule has 1 N–H and O–H groups in total. The quantitative estimate of drug-likeness (QED) is 0.890. The SMILES string of the molecule is CC(C)c1cc(C(=O)N2CCOC(CC(=O)O)C2)nn1C. The van der Waals surface area contributed by atoms with Crippen molar-refractivity contribution in [3.8, 4) is 0 Å². The van der Waals surface area contributed by atoms with E-state index in [1.54, 1.807) is 15.6 Å². The van der Waals surface area contributed by atoms with Gasteiger partial charge < -0.3 is 14.7 Å². The highest BCUT2D eigenvalue weighted by Gasteiger charge is 2.28. The van der Waals surface area contributed by atoms with Crippen LogP contribution >= 0.6 is 0 Å². The zero-order chi connectivity index (χ0) is 15.6.